The van der Waals surface area contributed by atoms with Crippen LogP contribution in [0.2, 0.25) is 5.02 Å². The molecule has 0 amide bonds. The van der Waals surface area contributed by atoms with E-state index in [9.17, 15) is 5.11 Å². The number of hydrogen-bond donors (Lipinski definition) is 1. The van der Waals surface area contributed by atoms with Crippen LogP contribution in [0.15, 0.2) is 36.4 Å². The van der Waals surface area contributed by atoms with E-state index >= 15 is 0 Å². The van der Waals surface area contributed by atoms with Gasteiger partial charge in [0.1, 0.15) is 11.0 Å². The number of halogens is 1. The van der Waals surface area contributed by atoms with Crippen LogP contribution in [0.25, 0.3) is 16.7 Å². The molecule has 1 N–H and O–H groups in total. The molecule has 0 spiro atoms. The fourth-order valence-corrected chi connectivity index (χ4v) is 2.59. The van der Waals surface area contributed by atoms with Gasteiger partial charge in [-0.05, 0) is 48.7 Å². The van der Waals surface area contributed by atoms with Gasteiger partial charge in [0, 0.05) is 11.4 Å². The molecular weight excluding hydrogens is 298 g/mol. The normalized spacial score (nSPS) is 12.7. The highest BCUT2D eigenvalue weighted by Gasteiger charge is 2.12. The third kappa shape index (κ3) is 2.98. The van der Waals surface area contributed by atoms with Crippen molar-refractivity contribution < 1.29 is 5.11 Å². The van der Waals surface area contributed by atoms with E-state index in [0.29, 0.717) is 11.4 Å². The molecule has 0 bridgehead atoms. The fraction of sp³-hybridized carbons (Fsp3) is 0.294. The molecule has 1 aromatic heterocycles. The van der Waals surface area contributed by atoms with Crippen molar-refractivity contribution in [3.05, 3.63) is 52.5 Å². The maximum absolute atomic E-state index is 9.96. The average Bonchev–Trinajstić information content (AvgIpc) is 2.91. The minimum absolute atomic E-state index is 0.360. The summed E-state index contributed by atoms with van der Waals surface area (Å²) in [5.41, 5.74) is 4.62. The van der Waals surface area contributed by atoms with Crippen molar-refractivity contribution >= 4 is 22.6 Å². The van der Waals surface area contributed by atoms with E-state index in [0.717, 1.165) is 34.3 Å². The van der Waals surface area contributed by atoms with Gasteiger partial charge in [-0.2, -0.15) is 4.80 Å². The van der Waals surface area contributed by atoms with Crippen LogP contribution in [0.3, 0.4) is 0 Å². The smallest absolute Gasteiger partial charge is 0.115 e. The summed E-state index contributed by atoms with van der Waals surface area (Å²) < 4.78 is 0. The topological polar surface area (TPSA) is 50.9 Å². The largest absolute Gasteiger partial charge is 0.393 e. The van der Waals surface area contributed by atoms with E-state index in [-0.39, 0.29) is 6.10 Å². The van der Waals surface area contributed by atoms with Gasteiger partial charge in [-0.1, -0.05) is 30.7 Å². The van der Waals surface area contributed by atoms with Gasteiger partial charge in [-0.25, -0.2) is 0 Å². The van der Waals surface area contributed by atoms with Crippen molar-refractivity contribution in [2.45, 2.75) is 32.8 Å². The lowest BCUT2D eigenvalue weighted by atomic mass is 10.0. The fourth-order valence-electron chi connectivity index (χ4n) is 2.43. The Morgan fingerprint density at radius 2 is 1.91 bits per heavy atom. The molecule has 0 aliphatic carbocycles. The van der Waals surface area contributed by atoms with Crippen molar-refractivity contribution in [3.63, 3.8) is 0 Å². The number of aromatic nitrogens is 3. The lowest BCUT2D eigenvalue weighted by Gasteiger charge is -2.12. The second-order valence-corrected chi connectivity index (χ2v) is 5.96. The highest BCUT2D eigenvalue weighted by molar-refractivity contribution is 6.31. The van der Waals surface area contributed by atoms with E-state index in [1.54, 1.807) is 16.9 Å². The van der Waals surface area contributed by atoms with Crippen molar-refractivity contribution in [1.82, 2.24) is 15.0 Å². The molecule has 0 radical (unpaired) electrons. The van der Waals surface area contributed by atoms with Gasteiger partial charge in [0.2, 0.25) is 0 Å². The van der Waals surface area contributed by atoms with Crippen LogP contribution in [0.1, 0.15) is 24.5 Å². The third-order valence-electron chi connectivity index (χ3n) is 3.73. The van der Waals surface area contributed by atoms with Crippen molar-refractivity contribution in [3.8, 4) is 5.69 Å². The Kier molecular flexibility index (Phi) is 4.14. The molecule has 0 saturated heterocycles. The van der Waals surface area contributed by atoms with E-state index in [4.69, 9.17) is 11.6 Å². The second kappa shape index (κ2) is 6.07. The number of fused-ring (bicyclic) bond motifs is 1. The van der Waals surface area contributed by atoms with E-state index in [2.05, 4.69) is 10.2 Å². The molecule has 3 aromatic rings. The lowest BCUT2D eigenvalue weighted by molar-refractivity contribution is 0.170. The number of aliphatic hydroxyl groups is 1. The van der Waals surface area contributed by atoms with Crippen LogP contribution < -0.4 is 0 Å². The summed E-state index contributed by atoms with van der Waals surface area (Å²) >= 11 is 6.01. The average molecular weight is 316 g/mol. The number of aliphatic hydroxyl groups excluding tert-OH is 1. The summed E-state index contributed by atoms with van der Waals surface area (Å²) in [7, 11) is 0. The van der Waals surface area contributed by atoms with Gasteiger partial charge in [-0.15, -0.1) is 10.2 Å². The molecule has 22 heavy (non-hydrogen) atoms. The molecule has 4 nitrogen and oxygen atoms in total. The Bertz CT molecular complexity index is 813. The molecule has 0 saturated carbocycles. The Morgan fingerprint density at radius 1 is 1.14 bits per heavy atom. The molecular formula is C17H18ClN3O. The molecule has 114 valence electrons. The van der Waals surface area contributed by atoms with E-state index in [1.807, 2.05) is 38.1 Å². The monoisotopic (exact) mass is 315 g/mol. The van der Waals surface area contributed by atoms with E-state index < -0.39 is 0 Å². The standard InChI is InChI=1S/C17H18ClN3O/c1-3-14(22)9-12-5-4-11(2)8-17(12)21-19-15-7-6-13(18)10-16(15)20-21/h4-8,10,14,22H,3,9H2,1-2H3. The van der Waals surface area contributed by atoms with Crippen LogP contribution in [0, 0.1) is 6.92 Å². The molecule has 1 unspecified atom stereocenters. The Labute approximate surface area is 134 Å². The first-order valence-electron chi connectivity index (χ1n) is 7.37. The second-order valence-electron chi connectivity index (χ2n) is 5.52. The first-order valence-corrected chi connectivity index (χ1v) is 7.75. The number of hydrogen-bond acceptors (Lipinski definition) is 3. The molecule has 0 aliphatic rings. The van der Waals surface area contributed by atoms with Gasteiger partial charge in [0.05, 0.1) is 11.8 Å². The van der Waals surface area contributed by atoms with Crippen LogP contribution >= 0.6 is 11.6 Å². The van der Waals surface area contributed by atoms with Crippen LogP contribution in [0.4, 0.5) is 0 Å². The Balaban J connectivity index is 2.09. The van der Waals surface area contributed by atoms with E-state index in [1.165, 1.54) is 0 Å². The predicted molar refractivity (Wildman–Crippen MR) is 88.6 cm³/mol. The maximum atomic E-state index is 9.96. The summed E-state index contributed by atoms with van der Waals surface area (Å²) in [6.45, 7) is 4.00. The first kappa shape index (κ1) is 15.0. The first-order chi connectivity index (χ1) is 10.6. The molecule has 1 heterocycles. The van der Waals surface area contributed by atoms with Gasteiger partial charge in [0.15, 0.2) is 0 Å². The SMILES string of the molecule is CCC(O)Cc1ccc(C)cc1-n1nc2ccc(Cl)cc2n1. The molecule has 0 fully saturated rings. The number of nitrogens with zero attached hydrogens (tertiary/aromatic N) is 3. The maximum Gasteiger partial charge on any atom is 0.115 e. The summed E-state index contributed by atoms with van der Waals surface area (Å²) in [5, 5.41) is 19.6. The molecule has 2 aromatic carbocycles. The minimum atomic E-state index is -0.360. The van der Waals surface area contributed by atoms with Crippen LogP contribution in [-0.4, -0.2) is 26.2 Å². The summed E-state index contributed by atoms with van der Waals surface area (Å²) in [6.07, 6.45) is 0.947. The Hall–Kier alpha value is -1.91. The minimum Gasteiger partial charge on any atom is -0.393 e. The molecule has 5 heteroatoms. The van der Waals surface area contributed by atoms with Gasteiger partial charge >= 0.3 is 0 Å². The zero-order valence-corrected chi connectivity index (χ0v) is 13.4. The summed E-state index contributed by atoms with van der Waals surface area (Å²) in [4.78, 5) is 1.63. The Morgan fingerprint density at radius 3 is 2.68 bits per heavy atom. The number of rotatable bonds is 4. The van der Waals surface area contributed by atoms with Crippen molar-refractivity contribution in [2.75, 3.05) is 0 Å². The predicted octanol–water partition coefficient (Wildman–Crippen LogP) is 3.70. The summed E-state index contributed by atoms with van der Waals surface area (Å²) in [6, 6.07) is 11.6. The third-order valence-corrected chi connectivity index (χ3v) is 3.96. The van der Waals surface area contributed by atoms with Crippen molar-refractivity contribution in [2.24, 2.45) is 0 Å². The van der Waals surface area contributed by atoms with Gasteiger partial charge < -0.3 is 5.11 Å². The number of benzene rings is 2. The van der Waals surface area contributed by atoms with Crippen LogP contribution in [0.5, 0.6) is 0 Å². The lowest BCUT2D eigenvalue weighted by Crippen LogP contribution is -2.12. The highest BCUT2D eigenvalue weighted by atomic mass is 35.5. The zero-order chi connectivity index (χ0) is 15.7. The highest BCUT2D eigenvalue weighted by Crippen LogP contribution is 2.21. The summed E-state index contributed by atoms with van der Waals surface area (Å²) in [5.74, 6) is 0. The molecule has 3 rings (SSSR count). The molecule has 1 atom stereocenters. The quantitative estimate of drug-likeness (QED) is 0.798. The zero-order valence-electron chi connectivity index (χ0n) is 12.6. The van der Waals surface area contributed by atoms with Crippen molar-refractivity contribution in [1.29, 1.82) is 0 Å². The van der Waals surface area contributed by atoms with Gasteiger partial charge in [-0.3, -0.25) is 0 Å². The van der Waals surface area contributed by atoms with Crippen LogP contribution in [-0.2, 0) is 6.42 Å². The molecule has 0 aliphatic heterocycles. The number of aryl methyl sites for hydroxylation is 1. The van der Waals surface area contributed by atoms with Gasteiger partial charge in [0.25, 0.3) is 0 Å².